The maximum Gasteiger partial charge on any atom is 0.408 e. The summed E-state index contributed by atoms with van der Waals surface area (Å²) >= 11 is 0. The second kappa shape index (κ2) is 17.3. The van der Waals surface area contributed by atoms with Crippen LogP contribution in [0.15, 0.2) is 30.3 Å². The van der Waals surface area contributed by atoms with E-state index in [-0.39, 0.29) is 37.1 Å². The van der Waals surface area contributed by atoms with Crippen molar-refractivity contribution in [1.82, 2.24) is 20.9 Å². The van der Waals surface area contributed by atoms with E-state index in [1.54, 1.807) is 48.5 Å². The van der Waals surface area contributed by atoms with Crippen molar-refractivity contribution in [2.45, 2.75) is 136 Å². The van der Waals surface area contributed by atoms with E-state index in [1.165, 1.54) is 4.90 Å². The summed E-state index contributed by atoms with van der Waals surface area (Å²) in [6.45, 7) is 14.0. The molecule has 13 nitrogen and oxygen atoms in total. The molecular weight excluding hydrogens is 632 g/mol. The van der Waals surface area contributed by atoms with Crippen LogP contribution in [-0.2, 0) is 35.1 Å². The minimum absolute atomic E-state index is 0.116. The van der Waals surface area contributed by atoms with Gasteiger partial charge in [0, 0.05) is 18.9 Å². The Bertz CT molecular complexity index is 1300. The number of benzene rings is 1. The summed E-state index contributed by atoms with van der Waals surface area (Å²) in [6, 6.07) is 4.95. The van der Waals surface area contributed by atoms with E-state index in [9.17, 15) is 34.2 Å². The fraction of sp³-hybridized carbons (Fsp3) is 0.694. The van der Waals surface area contributed by atoms with Crippen molar-refractivity contribution in [1.29, 1.82) is 0 Å². The quantitative estimate of drug-likeness (QED) is 0.183. The van der Waals surface area contributed by atoms with Gasteiger partial charge in [-0.3, -0.25) is 14.4 Å². The first-order valence-electron chi connectivity index (χ1n) is 17.4. The number of amides is 4. The molecule has 1 aliphatic heterocycles. The third kappa shape index (κ3) is 10.9. The Hall–Kier alpha value is -3.71. The van der Waals surface area contributed by atoms with Crippen molar-refractivity contribution < 1.29 is 43.7 Å². The van der Waals surface area contributed by atoms with Gasteiger partial charge in [0.25, 0.3) is 5.91 Å². The maximum absolute atomic E-state index is 14.1. The fourth-order valence-electron chi connectivity index (χ4n) is 6.67. The Morgan fingerprint density at radius 3 is 2.18 bits per heavy atom. The van der Waals surface area contributed by atoms with E-state index in [2.05, 4.69) is 16.0 Å². The first kappa shape index (κ1) is 39.7. The van der Waals surface area contributed by atoms with Gasteiger partial charge < -0.3 is 40.5 Å². The van der Waals surface area contributed by atoms with Gasteiger partial charge in [-0.1, -0.05) is 57.5 Å². The topological polar surface area (TPSA) is 184 Å². The molecule has 1 saturated heterocycles. The molecule has 4 amide bonds. The highest BCUT2D eigenvalue weighted by Crippen LogP contribution is 2.43. The number of nitrogens with zero attached hydrogens (tertiary/aromatic N) is 1. The molecule has 3 unspecified atom stereocenters. The molecule has 5 N–H and O–H groups in total. The molecule has 1 aromatic carbocycles. The Morgan fingerprint density at radius 1 is 0.959 bits per heavy atom. The molecule has 2 fully saturated rings. The number of carbonyl (C=O) groups is 5. The fourth-order valence-corrected chi connectivity index (χ4v) is 6.67. The number of aliphatic hydroxyl groups is 2. The molecule has 1 aliphatic carbocycles. The molecule has 0 aromatic heterocycles. The predicted molar refractivity (Wildman–Crippen MR) is 182 cm³/mol. The van der Waals surface area contributed by atoms with Gasteiger partial charge in [-0.05, 0) is 71.3 Å². The molecule has 1 heterocycles. The summed E-state index contributed by atoms with van der Waals surface area (Å²) in [6.07, 6.45) is -1.75. The van der Waals surface area contributed by atoms with Crippen LogP contribution in [-0.4, -0.2) is 99.5 Å². The minimum Gasteiger partial charge on any atom is -0.458 e. The summed E-state index contributed by atoms with van der Waals surface area (Å²) in [5, 5.41) is 30.1. The molecule has 1 aromatic rings. The third-order valence-corrected chi connectivity index (χ3v) is 8.96. The normalized spacial score (nSPS) is 22.9. The number of aliphatic hydroxyl groups excluding tert-OH is 2. The molecule has 274 valence electrons. The molecule has 2 aliphatic rings. The van der Waals surface area contributed by atoms with Gasteiger partial charge in [0.15, 0.2) is 6.10 Å². The number of likely N-dealkylation sites (tertiary alicyclic amines) is 1. The van der Waals surface area contributed by atoms with Gasteiger partial charge in [-0.25, -0.2) is 9.59 Å². The summed E-state index contributed by atoms with van der Waals surface area (Å²) in [4.78, 5) is 68.6. The van der Waals surface area contributed by atoms with E-state index >= 15 is 0 Å². The van der Waals surface area contributed by atoms with E-state index < -0.39 is 77.9 Å². The third-order valence-electron chi connectivity index (χ3n) is 8.96. The number of esters is 1. The van der Waals surface area contributed by atoms with Crippen LogP contribution in [0.25, 0.3) is 0 Å². The zero-order valence-electron chi connectivity index (χ0n) is 30.1. The predicted octanol–water partition coefficient (Wildman–Crippen LogP) is 2.46. The van der Waals surface area contributed by atoms with Crippen LogP contribution < -0.4 is 16.0 Å². The number of fused-ring (bicyclic) bond motifs is 1. The molecule has 8 atom stereocenters. The highest BCUT2D eigenvalue weighted by atomic mass is 16.6. The summed E-state index contributed by atoms with van der Waals surface area (Å²) < 4.78 is 10.8. The number of ether oxygens (including phenoxy) is 2. The monoisotopic (exact) mass is 688 g/mol. The van der Waals surface area contributed by atoms with Gasteiger partial charge in [0.2, 0.25) is 11.8 Å². The van der Waals surface area contributed by atoms with E-state index in [1.807, 2.05) is 37.3 Å². The van der Waals surface area contributed by atoms with Crippen molar-refractivity contribution >= 4 is 29.8 Å². The Kier molecular flexibility index (Phi) is 14.0. The van der Waals surface area contributed by atoms with E-state index in [4.69, 9.17) is 9.47 Å². The Morgan fingerprint density at radius 2 is 1.61 bits per heavy atom. The zero-order chi connectivity index (χ0) is 36.6. The number of carbonyl (C=O) groups excluding carboxylic acids is 5. The van der Waals surface area contributed by atoms with Crippen molar-refractivity contribution in [2.24, 2.45) is 17.8 Å². The van der Waals surface area contributed by atoms with Crippen LogP contribution in [0.2, 0.25) is 0 Å². The zero-order valence-corrected chi connectivity index (χ0v) is 30.1. The van der Waals surface area contributed by atoms with Crippen molar-refractivity contribution in [3.63, 3.8) is 0 Å². The molecule has 13 heteroatoms. The smallest absolute Gasteiger partial charge is 0.408 e. The SMILES string of the molecule is CCCC(NC(=O)[C@@H]1[C@H]2CCC(O)[C@H]2CN1C(=O)[C@@H](NC(=O)OC(C)C)C(C)C)C(O)C(=O)N[C@@H](Cc1ccccc1)C(=O)OC(C)(C)C. The number of alkyl carbamates (subject to hydrolysis) is 1. The lowest BCUT2D eigenvalue weighted by molar-refractivity contribution is -0.159. The number of hydrogen-bond donors (Lipinski definition) is 5. The molecule has 1 saturated carbocycles. The van der Waals surface area contributed by atoms with Crippen LogP contribution in [0.5, 0.6) is 0 Å². The van der Waals surface area contributed by atoms with Crippen molar-refractivity contribution in [3.05, 3.63) is 35.9 Å². The van der Waals surface area contributed by atoms with Gasteiger partial charge in [-0.15, -0.1) is 0 Å². The number of hydrogen-bond acceptors (Lipinski definition) is 9. The average Bonchev–Trinajstić information content (AvgIpc) is 3.57. The van der Waals surface area contributed by atoms with Crippen LogP contribution in [0.3, 0.4) is 0 Å². The Labute approximate surface area is 289 Å². The maximum atomic E-state index is 14.1. The molecule has 0 radical (unpaired) electrons. The number of nitrogens with one attached hydrogen (secondary N) is 3. The molecular formula is C36H56N4O9. The van der Waals surface area contributed by atoms with E-state index in [0.717, 1.165) is 5.56 Å². The second-order valence-corrected chi connectivity index (χ2v) is 14.9. The lowest BCUT2D eigenvalue weighted by atomic mass is 9.92. The van der Waals surface area contributed by atoms with Crippen LogP contribution in [0.1, 0.15) is 86.6 Å². The standard InChI is InChI=1S/C36H56N4O9/c1-9-13-25(30(42)32(44)38-26(34(46)49-36(6,7)8)18-22-14-11-10-12-15-22)37-31(43)29-23-16-17-27(41)24(23)19-40(29)33(45)28(20(2)3)39-35(47)48-21(4)5/h10-12,14-15,20-21,23-30,41-42H,9,13,16-19H2,1-8H3,(H,37,43)(H,38,44)(H,39,47)/t23-,24-,25?,26-,27?,28-,29-,30?/m0/s1. The summed E-state index contributed by atoms with van der Waals surface area (Å²) in [7, 11) is 0. The van der Waals surface area contributed by atoms with Gasteiger partial charge >= 0.3 is 12.1 Å². The number of rotatable bonds is 14. The molecule has 0 spiro atoms. The summed E-state index contributed by atoms with van der Waals surface area (Å²) in [5.41, 5.74) is -0.0408. The summed E-state index contributed by atoms with van der Waals surface area (Å²) in [5.74, 6) is -3.61. The molecule has 3 rings (SSSR count). The van der Waals surface area contributed by atoms with Gasteiger partial charge in [0.05, 0.1) is 18.2 Å². The first-order chi connectivity index (χ1) is 22.9. The van der Waals surface area contributed by atoms with Gasteiger partial charge in [-0.2, -0.15) is 0 Å². The highest BCUT2D eigenvalue weighted by molar-refractivity contribution is 5.93. The minimum atomic E-state index is -1.73. The van der Waals surface area contributed by atoms with Crippen LogP contribution in [0, 0.1) is 17.8 Å². The van der Waals surface area contributed by atoms with Crippen LogP contribution >= 0.6 is 0 Å². The lowest BCUT2D eigenvalue weighted by Gasteiger charge is -2.33. The van der Waals surface area contributed by atoms with E-state index in [0.29, 0.717) is 19.3 Å². The molecule has 49 heavy (non-hydrogen) atoms. The highest BCUT2D eigenvalue weighted by Gasteiger charge is 2.54. The lowest BCUT2D eigenvalue weighted by Crippen LogP contribution is -2.59. The first-order valence-corrected chi connectivity index (χ1v) is 17.4. The van der Waals surface area contributed by atoms with Crippen LogP contribution in [0.4, 0.5) is 4.79 Å². The largest absolute Gasteiger partial charge is 0.458 e. The molecule has 0 bridgehead atoms. The van der Waals surface area contributed by atoms with Crippen molar-refractivity contribution in [2.75, 3.05) is 6.54 Å². The second-order valence-electron chi connectivity index (χ2n) is 14.9. The van der Waals surface area contributed by atoms with Crippen molar-refractivity contribution in [3.8, 4) is 0 Å². The Balaban J connectivity index is 1.83. The average molecular weight is 689 g/mol. The van der Waals surface area contributed by atoms with Gasteiger partial charge in [0.1, 0.15) is 23.7 Å².